The first-order valence-electron chi connectivity index (χ1n) is 7.36. The van der Waals surface area contributed by atoms with Gasteiger partial charge in [-0.15, -0.1) is 0 Å². The maximum atomic E-state index is 12.5. The van der Waals surface area contributed by atoms with Gasteiger partial charge in [-0.1, -0.05) is 0 Å². The van der Waals surface area contributed by atoms with Crippen LogP contribution in [0.5, 0.6) is 0 Å². The Morgan fingerprint density at radius 2 is 2.04 bits per heavy atom. The number of benzene rings is 1. The van der Waals surface area contributed by atoms with Crippen LogP contribution in [0.4, 0.5) is 5.69 Å². The third-order valence-electron chi connectivity index (χ3n) is 3.41. The number of amidine groups is 1. The monoisotopic (exact) mass is 468 g/mol. The van der Waals surface area contributed by atoms with Crippen LogP contribution in [0.25, 0.3) is 6.08 Å². The Labute approximate surface area is 161 Å². The number of likely N-dealkylation sites (N-methyl/N-ethyl adjacent to an activating group) is 1. The lowest BCUT2D eigenvalue weighted by atomic mass is 10.2. The lowest BCUT2D eigenvalue weighted by molar-refractivity contribution is -0.122. The van der Waals surface area contributed by atoms with Crippen molar-refractivity contribution < 1.29 is 19.1 Å². The smallest absolute Gasteiger partial charge is 0.335 e. The number of amides is 1. The Morgan fingerprint density at radius 1 is 1.32 bits per heavy atom. The molecule has 25 heavy (non-hydrogen) atoms. The topological polar surface area (TPSA) is 83.1 Å². The molecule has 1 saturated heterocycles. The molecule has 1 N–H and O–H groups in total. The first kappa shape index (κ1) is 17.7. The zero-order chi connectivity index (χ0) is 18.0. The second kappa shape index (κ2) is 7.44. The van der Waals surface area contributed by atoms with E-state index >= 15 is 0 Å². The van der Waals surface area contributed by atoms with Crippen molar-refractivity contribution in [2.24, 2.45) is 4.99 Å². The van der Waals surface area contributed by atoms with Gasteiger partial charge in [0.25, 0.3) is 5.91 Å². The third kappa shape index (κ3) is 3.96. The molecule has 1 aromatic heterocycles. The van der Waals surface area contributed by atoms with E-state index in [-0.39, 0.29) is 11.5 Å². The van der Waals surface area contributed by atoms with Gasteiger partial charge in [-0.25, -0.2) is 9.79 Å². The van der Waals surface area contributed by atoms with E-state index in [1.165, 1.54) is 23.9 Å². The van der Waals surface area contributed by atoms with Gasteiger partial charge in [0, 0.05) is 12.6 Å². The lowest BCUT2D eigenvalue weighted by Gasteiger charge is -2.11. The minimum atomic E-state index is -0.988. The molecule has 1 aromatic carbocycles. The molecule has 2 aromatic rings. The van der Waals surface area contributed by atoms with E-state index in [9.17, 15) is 9.59 Å². The number of halogens is 1. The van der Waals surface area contributed by atoms with Crippen molar-refractivity contribution in [1.29, 1.82) is 0 Å². The Balaban J connectivity index is 1.89. The van der Waals surface area contributed by atoms with Crippen LogP contribution in [-0.4, -0.2) is 33.6 Å². The summed E-state index contributed by atoms with van der Waals surface area (Å²) in [6, 6.07) is 9.84. The van der Waals surface area contributed by atoms with E-state index in [0.29, 0.717) is 28.1 Å². The molecule has 1 aliphatic rings. The van der Waals surface area contributed by atoms with Crippen LogP contribution in [-0.2, 0) is 4.79 Å². The van der Waals surface area contributed by atoms with E-state index < -0.39 is 5.97 Å². The van der Waals surface area contributed by atoms with Crippen LogP contribution < -0.4 is 0 Å². The molecule has 0 atom stereocenters. The average molecular weight is 468 g/mol. The van der Waals surface area contributed by atoms with Crippen LogP contribution in [0.15, 0.2) is 50.7 Å². The van der Waals surface area contributed by atoms with Crippen LogP contribution >= 0.6 is 34.4 Å². The quantitative estimate of drug-likeness (QED) is 0.537. The summed E-state index contributed by atoms with van der Waals surface area (Å²) in [5.74, 6) is -0.499. The maximum Gasteiger partial charge on any atom is 0.335 e. The van der Waals surface area contributed by atoms with E-state index in [2.05, 4.69) is 27.6 Å². The summed E-state index contributed by atoms with van der Waals surface area (Å²) >= 11 is 3.34. The molecular formula is C17H13IN2O4S. The highest BCUT2D eigenvalue weighted by Crippen LogP contribution is 2.34. The molecule has 0 radical (unpaired) electrons. The van der Waals surface area contributed by atoms with E-state index in [1.807, 2.05) is 13.0 Å². The zero-order valence-corrected chi connectivity index (χ0v) is 16.1. The van der Waals surface area contributed by atoms with E-state index in [0.717, 1.165) is 3.77 Å². The molecule has 2 heterocycles. The second-order valence-electron chi connectivity index (χ2n) is 5.05. The number of thioether (sulfide) groups is 1. The normalized spacial score (nSPS) is 17.7. The molecule has 1 fully saturated rings. The molecule has 8 heteroatoms. The van der Waals surface area contributed by atoms with Gasteiger partial charge in [0.15, 0.2) is 8.93 Å². The van der Waals surface area contributed by atoms with Gasteiger partial charge < -0.3 is 9.52 Å². The zero-order valence-electron chi connectivity index (χ0n) is 13.1. The van der Waals surface area contributed by atoms with Crippen molar-refractivity contribution in [3.8, 4) is 0 Å². The summed E-state index contributed by atoms with van der Waals surface area (Å²) in [6.45, 7) is 2.37. The minimum absolute atomic E-state index is 0.125. The number of carbonyl (C=O) groups is 2. The molecule has 0 bridgehead atoms. The highest BCUT2D eigenvalue weighted by molar-refractivity contribution is 14.1. The summed E-state index contributed by atoms with van der Waals surface area (Å²) in [6.07, 6.45) is 1.70. The Morgan fingerprint density at radius 3 is 2.60 bits per heavy atom. The predicted octanol–water partition coefficient (Wildman–Crippen LogP) is 4.21. The molecule has 1 amide bonds. The lowest BCUT2D eigenvalue weighted by Crippen LogP contribution is -2.28. The molecule has 3 rings (SSSR count). The van der Waals surface area contributed by atoms with E-state index in [4.69, 9.17) is 9.52 Å². The summed E-state index contributed by atoms with van der Waals surface area (Å²) in [5, 5.41) is 9.50. The third-order valence-corrected chi connectivity index (χ3v) is 5.00. The summed E-state index contributed by atoms with van der Waals surface area (Å²) in [7, 11) is 0. The van der Waals surface area contributed by atoms with Gasteiger partial charge in [-0.3, -0.25) is 9.69 Å². The second-order valence-corrected chi connectivity index (χ2v) is 7.12. The van der Waals surface area contributed by atoms with Crippen molar-refractivity contribution in [3.63, 3.8) is 0 Å². The van der Waals surface area contributed by atoms with Crippen LogP contribution in [0, 0.1) is 3.77 Å². The highest BCUT2D eigenvalue weighted by Gasteiger charge is 2.32. The Bertz CT molecular complexity index is 886. The number of aliphatic imine (C=N–C) groups is 1. The maximum absolute atomic E-state index is 12.5. The first-order valence-corrected chi connectivity index (χ1v) is 9.26. The number of furan rings is 1. The molecule has 0 saturated carbocycles. The first-order chi connectivity index (χ1) is 12.0. The van der Waals surface area contributed by atoms with Gasteiger partial charge in [0.05, 0.1) is 16.2 Å². The number of rotatable bonds is 4. The fraction of sp³-hybridized carbons (Fsp3) is 0.118. The van der Waals surface area contributed by atoms with Gasteiger partial charge in [0.2, 0.25) is 0 Å². The molecule has 6 nitrogen and oxygen atoms in total. The van der Waals surface area contributed by atoms with Gasteiger partial charge in [-0.2, -0.15) is 0 Å². The van der Waals surface area contributed by atoms with Gasteiger partial charge in [-0.05, 0) is 77.7 Å². The fourth-order valence-corrected chi connectivity index (χ4v) is 3.67. The van der Waals surface area contributed by atoms with Gasteiger partial charge >= 0.3 is 5.97 Å². The molecule has 128 valence electrons. The number of carboxylic acid groups (broad SMARTS) is 1. The number of aromatic carboxylic acids is 1. The number of nitrogens with zero attached hydrogens (tertiary/aromatic N) is 2. The largest absolute Gasteiger partial charge is 0.478 e. The molecular weight excluding hydrogens is 455 g/mol. The number of hydrogen-bond donors (Lipinski definition) is 1. The van der Waals surface area contributed by atoms with Crippen molar-refractivity contribution in [3.05, 3.63) is 56.4 Å². The highest BCUT2D eigenvalue weighted by atomic mass is 127. The van der Waals surface area contributed by atoms with Gasteiger partial charge in [0.1, 0.15) is 5.76 Å². The molecule has 0 aliphatic carbocycles. The summed E-state index contributed by atoms with van der Waals surface area (Å²) in [5.41, 5.74) is 0.784. The Kier molecular flexibility index (Phi) is 5.28. The Hall–Kier alpha value is -2.07. The van der Waals surface area contributed by atoms with Crippen molar-refractivity contribution in [1.82, 2.24) is 4.90 Å². The summed E-state index contributed by atoms with van der Waals surface area (Å²) in [4.78, 5) is 30.0. The van der Waals surface area contributed by atoms with Crippen molar-refractivity contribution in [2.45, 2.75) is 6.92 Å². The van der Waals surface area contributed by atoms with E-state index in [1.54, 1.807) is 29.2 Å². The minimum Gasteiger partial charge on any atom is -0.478 e. The van der Waals surface area contributed by atoms with Crippen molar-refractivity contribution >= 4 is 63.2 Å². The van der Waals surface area contributed by atoms with Crippen LogP contribution in [0.2, 0.25) is 0 Å². The summed E-state index contributed by atoms with van der Waals surface area (Å²) < 4.78 is 6.23. The van der Waals surface area contributed by atoms with Crippen LogP contribution in [0.1, 0.15) is 23.0 Å². The SMILES string of the molecule is CCN1C(=O)C(=Cc2ccc(I)o2)SC1=Nc1ccc(C(=O)O)cc1. The molecule has 0 unspecified atom stereocenters. The number of carboxylic acids is 1. The predicted molar refractivity (Wildman–Crippen MR) is 105 cm³/mol. The number of carbonyl (C=O) groups excluding carboxylic acids is 1. The van der Waals surface area contributed by atoms with Crippen molar-refractivity contribution in [2.75, 3.05) is 6.54 Å². The standard InChI is InChI=1S/C17H13IN2O4S/c1-2-20-15(21)13(9-12-7-8-14(18)24-12)25-17(20)19-11-5-3-10(4-6-11)16(22)23/h3-9H,2H2,1H3,(H,22,23). The fourth-order valence-electron chi connectivity index (χ4n) is 2.19. The average Bonchev–Trinajstić information content (AvgIpc) is 3.12. The molecule has 0 spiro atoms. The number of hydrogen-bond acceptors (Lipinski definition) is 5. The molecule has 1 aliphatic heterocycles. The van der Waals surface area contributed by atoms with Crippen LogP contribution in [0.3, 0.4) is 0 Å².